The minimum atomic E-state index is -0.787. The number of rotatable bonds is 6. The molecule has 1 rings (SSSR count). The molecule has 1 aliphatic heterocycles. The lowest BCUT2D eigenvalue weighted by Gasteiger charge is -2.48. The average Bonchev–Trinajstić information content (AvgIpc) is 2.38. The lowest BCUT2D eigenvalue weighted by Crippen LogP contribution is -2.71. The number of nitrogens with one attached hydrogen (secondary N) is 1. The molecule has 0 aromatic heterocycles. The molecule has 2 unspecified atom stereocenters. The molecule has 1 heterocycles. The number of ether oxygens (including phenoxy) is 1. The van der Waals surface area contributed by atoms with Crippen LogP contribution in [0.4, 0.5) is 0 Å². The monoisotopic (exact) mass is 298 g/mol. The summed E-state index contributed by atoms with van der Waals surface area (Å²) in [6.45, 7) is 13.5. The van der Waals surface area contributed by atoms with Crippen molar-refractivity contribution in [3.05, 3.63) is 0 Å². The Balaban J connectivity index is 2.96. The van der Waals surface area contributed by atoms with E-state index in [1.807, 2.05) is 41.5 Å². The summed E-state index contributed by atoms with van der Waals surface area (Å²) in [5.74, 6) is -0.0381. The Hall–Kier alpha value is -1.10. The van der Waals surface area contributed by atoms with Gasteiger partial charge in [0.1, 0.15) is 11.6 Å². The Morgan fingerprint density at radius 2 is 1.90 bits per heavy atom. The molecule has 2 amide bonds. The van der Waals surface area contributed by atoms with Crippen molar-refractivity contribution in [1.82, 2.24) is 10.2 Å². The van der Waals surface area contributed by atoms with Gasteiger partial charge in [0, 0.05) is 19.8 Å². The minimum absolute atomic E-state index is 0.0148. The van der Waals surface area contributed by atoms with E-state index in [-0.39, 0.29) is 17.2 Å². The molecule has 5 heteroatoms. The van der Waals surface area contributed by atoms with Gasteiger partial charge in [0.05, 0.1) is 0 Å². The first-order chi connectivity index (χ1) is 9.67. The van der Waals surface area contributed by atoms with Crippen LogP contribution < -0.4 is 5.32 Å². The molecule has 0 aromatic rings. The van der Waals surface area contributed by atoms with E-state index < -0.39 is 11.6 Å². The summed E-state index contributed by atoms with van der Waals surface area (Å²) in [7, 11) is 0. The summed E-state index contributed by atoms with van der Waals surface area (Å²) < 4.78 is 5.35. The molecular formula is C16H30N2O3. The minimum Gasteiger partial charge on any atom is -0.382 e. The van der Waals surface area contributed by atoms with Crippen molar-refractivity contribution in [2.75, 3.05) is 19.8 Å². The second-order valence-corrected chi connectivity index (χ2v) is 6.99. The maximum absolute atomic E-state index is 12.8. The van der Waals surface area contributed by atoms with E-state index in [0.29, 0.717) is 26.2 Å². The van der Waals surface area contributed by atoms with Crippen LogP contribution in [-0.2, 0) is 14.3 Å². The predicted molar refractivity (Wildman–Crippen MR) is 82.9 cm³/mol. The summed E-state index contributed by atoms with van der Waals surface area (Å²) in [6, 6.07) is -0.425. The molecule has 1 fully saturated rings. The van der Waals surface area contributed by atoms with E-state index in [0.717, 1.165) is 6.42 Å². The fourth-order valence-corrected chi connectivity index (χ4v) is 2.78. The highest BCUT2D eigenvalue weighted by molar-refractivity contribution is 5.99. The third-order valence-electron chi connectivity index (χ3n) is 4.11. The van der Waals surface area contributed by atoms with Crippen molar-refractivity contribution in [2.45, 2.75) is 66.0 Å². The van der Waals surface area contributed by atoms with Crippen molar-refractivity contribution in [3.63, 3.8) is 0 Å². The molecule has 1 saturated heterocycles. The van der Waals surface area contributed by atoms with Gasteiger partial charge in [-0.1, -0.05) is 27.7 Å². The second-order valence-electron chi connectivity index (χ2n) is 6.99. The van der Waals surface area contributed by atoms with Gasteiger partial charge in [-0.15, -0.1) is 0 Å². The Bertz CT molecular complexity index is 389. The first kappa shape index (κ1) is 18.0. The second kappa shape index (κ2) is 6.77. The van der Waals surface area contributed by atoms with Gasteiger partial charge in [0.25, 0.3) is 0 Å². The van der Waals surface area contributed by atoms with E-state index in [1.165, 1.54) is 0 Å². The van der Waals surface area contributed by atoms with Gasteiger partial charge in [-0.3, -0.25) is 9.59 Å². The largest absolute Gasteiger partial charge is 0.382 e. The third-order valence-corrected chi connectivity index (χ3v) is 4.11. The highest BCUT2D eigenvalue weighted by atomic mass is 16.5. The Morgan fingerprint density at radius 1 is 1.29 bits per heavy atom. The molecule has 1 aliphatic rings. The number of nitrogens with zero attached hydrogens (tertiary/aromatic N) is 1. The third kappa shape index (κ3) is 3.96. The zero-order valence-corrected chi connectivity index (χ0v) is 14.3. The fraction of sp³-hybridized carbons (Fsp3) is 0.875. The fourth-order valence-electron chi connectivity index (χ4n) is 2.78. The number of carbonyl (C=O) groups is 2. The number of amides is 2. The van der Waals surface area contributed by atoms with Crippen LogP contribution in [0.5, 0.6) is 0 Å². The van der Waals surface area contributed by atoms with E-state index in [2.05, 4.69) is 5.32 Å². The summed E-state index contributed by atoms with van der Waals surface area (Å²) in [5, 5.41) is 2.92. The van der Waals surface area contributed by atoms with E-state index in [9.17, 15) is 9.59 Å². The van der Waals surface area contributed by atoms with Crippen LogP contribution >= 0.6 is 0 Å². The van der Waals surface area contributed by atoms with Crippen LogP contribution in [0.15, 0.2) is 0 Å². The number of carbonyl (C=O) groups excluding carboxylic acids is 2. The van der Waals surface area contributed by atoms with Crippen molar-refractivity contribution in [2.24, 2.45) is 5.41 Å². The van der Waals surface area contributed by atoms with Crippen molar-refractivity contribution < 1.29 is 14.3 Å². The molecule has 2 atom stereocenters. The smallest absolute Gasteiger partial charge is 0.248 e. The Morgan fingerprint density at radius 3 is 2.38 bits per heavy atom. The van der Waals surface area contributed by atoms with Crippen molar-refractivity contribution in [3.8, 4) is 0 Å². The number of hydrogen-bond acceptors (Lipinski definition) is 3. The van der Waals surface area contributed by atoms with Crippen LogP contribution in [0.3, 0.4) is 0 Å². The standard InChI is InChI=1S/C16H30N2O3/c1-7-16(6)14(20)18(10-9-11-21-8-2)12(13(19)17-16)15(3,4)5/h12H,7-11H2,1-6H3,(H,17,19). The van der Waals surface area contributed by atoms with Crippen molar-refractivity contribution in [1.29, 1.82) is 0 Å². The molecule has 21 heavy (non-hydrogen) atoms. The quantitative estimate of drug-likeness (QED) is 0.763. The zero-order valence-electron chi connectivity index (χ0n) is 14.3. The van der Waals surface area contributed by atoms with Crippen LogP contribution in [0.25, 0.3) is 0 Å². The predicted octanol–water partition coefficient (Wildman–Crippen LogP) is 1.95. The number of hydrogen-bond donors (Lipinski definition) is 1. The molecule has 0 bridgehead atoms. The molecule has 0 saturated carbocycles. The topological polar surface area (TPSA) is 58.6 Å². The Kier molecular flexibility index (Phi) is 5.79. The highest BCUT2D eigenvalue weighted by Gasteiger charge is 2.50. The van der Waals surface area contributed by atoms with E-state index in [1.54, 1.807) is 4.90 Å². The van der Waals surface area contributed by atoms with Gasteiger partial charge in [0.2, 0.25) is 11.8 Å². The van der Waals surface area contributed by atoms with Gasteiger partial charge < -0.3 is 15.0 Å². The molecule has 0 aromatic carbocycles. The van der Waals surface area contributed by atoms with Crippen molar-refractivity contribution >= 4 is 11.8 Å². The maximum atomic E-state index is 12.8. The van der Waals surface area contributed by atoms with Gasteiger partial charge >= 0.3 is 0 Å². The van der Waals surface area contributed by atoms with Crippen LogP contribution in [0.2, 0.25) is 0 Å². The maximum Gasteiger partial charge on any atom is 0.248 e. The Labute approximate surface area is 128 Å². The number of piperazine rings is 1. The van der Waals surface area contributed by atoms with Gasteiger partial charge in [0.15, 0.2) is 0 Å². The lowest BCUT2D eigenvalue weighted by atomic mass is 9.80. The lowest BCUT2D eigenvalue weighted by molar-refractivity contribution is -0.159. The van der Waals surface area contributed by atoms with Gasteiger partial charge in [-0.05, 0) is 32.1 Å². The first-order valence-corrected chi connectivity index (χ1v) is 7.88. The molecule has 0 spiro atoms. The summed E-state index contributed by atoms with van der Waals surface area (Å²) >= 11 is 0. The molecule has 122 valence electrons. The molecule has 0 aliphatic carbocycles. The van der Waals surface area contributed by atoms with Gasteiger partial charge in [-0.25, -0.2) is 0 Å². The molecule has 5 nitrogen and oxygen atoms in total. The first-order valence-electron chi connectivity index (χ1n) is 7.88. The summed E-state index contributed by atoms with van der Waals surface area (Å²) in [4.78, 5) is 27.1. The van der Waals surface area contributed by atoms with Gasteiger partial charge in [-0.2, -0.15) is 0 Å². The normalized spacial score (nSPS) is 27.0. The summed E-state index contributed by atoms with van der Waals surface area (Å²) in [5.41, 5.74) is -1.08. The van der Waals surface area contributed by atoms with E-state index in [4.69, 9.17) is 4.74 Å². The summed E-state index contributed by atoms with van der Waals surface area (Å²) in [6.07, 6.45) is 1.34. The molecule has 1 N–H and O–H groups in total. The zero-order chi connectivity index (χ0) is 16.3. The molecular weight excluding hydrogens is 268 g/mol. The van der Waals surface area contributed by atoms with E-state index >= 15 is 0 Å². The highest BCUT2D eigenvalue weighted by Crippen LogP contribution is 2.31. The van der Waals surface area contributed by atoms with Crippen LogP contribution in [0.1, 0.15) is 54.4 Å². The van der Waals surface area contributed by atoms with Crippen LogP contribution in [-0.4, -0.2) is 48.1 Å². The van der Waals surface area contributed by atoms with Crippen LogP contribution in [0, 0.1) is 5.41 Å². The average molecular weight is 298 g/mol. The molecule has 0 radical (unpaired) electrons. The SMILES string of the molecule is CCOCCCN1C(=O)C(C)(CC)NC(=O)C1C(C)(C)C.